The highest BCUT2D eigenvalue weighted by Crippen LogP contribution is 2.40. The second-order valence-corrected chi connectivity index (χ2v) is 9.30. The van der Waals surface area contributed by atoms with E-state index in [1.165, 1.54) is 6.26 Å². The van der Waals surface area contributed by atoms with Crippen LogP contribution in [0.4, 0.5) is 0 Å². The van der Waals surface area contributed by atoms with Crippen LogP contribution in [0.25, 0.3) is 0 Å². The number of aliphatic hydroxyl groups is 1. The van der Waals surface area contributed by atoms with Crippen LogP contribution in [-0.4, -0.2) is 65.6 Å². The molecule has 2 aliphatic rings. The molecule has 32 heavy (non-hydrogen) atoms. The maximum atomic E-state index is 13.0. The molecule has 1 aromatic heterocycles. The quantitative estimate of drug-likeness (QED) is 0.790. The Bertz CT molecular complexity index is 990. The van der Waals surface area contributed by atoms with Gasteiger partial charge in [-0.05, 0) is 68.7 Å². The van der Waals surface area contributed by atoms with Gasteiger partial charge in [-0.25, -0.2) is 0 Å². The lowest BCUT2D eigenvalue weighted by molar-refractivity contribution is -0.137. The van der Waals surface area contributed by atoms with E-state index in [2.05, 4.69) is 0 Å². The Morgan fingerprint density at radius 2 is 1.91 bits per heavy atom. The van der Waals surface area contributed by atoms with Gasteiger partial charge in [-0.15, -0.1) is 0 Å². The monoisotopic (exact) mass is 440 g/mol. The zero-order valence-corrected chi connectivity index (χ0v) is 19.1. The molecule has 3 heterocycles. The Labute approximate surface area is 188 Å². The van der Waals surface area contributed by atoms with Crippen molar-refractivity contribution in [2.24, 2.45) is 5.41 Å². The molecular formula is C25H32N2O5. The van der Waals surface area contributed by atoms with Crippen molar-refractivity contribution in [2.75, 3.05) is 32.8 Å². The molecule has 1 aromatic carbocycles. The van der Waals surface area contributed by atoms with E-state index in [4.69, 9.17) is 9.15 Å². The van der Waals surface area contributed by atoms with Gasteiger partial charge in [0, 0.05) is 26.2 Å². The van der Waals surface area contributed by atoms with Crippen LogP contribution in [0.1, 0.15) is 46.5 Å². The Morgan fingerprint density at radius 3 is 2.59 bits per heavy atom. The van der Waals surface area contributed by atoms with Crippen molar-refractivity contribution in [3.63, 3.8) is 0 Å². The van der Waals surface area contributed by atoms with Crippen molar-refractivity contribution in [3.05, 3.63) is 53.0 Å². The van der Waals surface area contributed by atoms with E-state index in [1.807, 2.05) is 36.9 Å². The summed E-state index contributed by atoms with van der Waals surface area (Å²) >= 11 is 0. The first-order valence-corrected chi connectivity index (χ1v) is 11.3. The zero-order valence-electron chi connectivity index (χ0n) is 19.1. The summed E-state index contributed by atoms with van der Waals surface area (Å²) in [6, 6.07) is 7.52. The minimum Gasteiger partial charge on any atom is -0.483 e. The number of β-amino-alcohol motifs (C(OH)–C–C–N with tert-alkyl or cyclic N) is 1. The van der Waals surface area contributed by atoms with Gasteiger partial charge in [0.05, 0.1) is 17.9 Å². The Kier molecular flexibility index (Phi) is 6.29. The van der Waals surface area contributed by atoms with E-state index >= 15 is 0 Å². The van der Waals surface area contributed by atoms with Crippen molar-refractivity contribution in [3.8, 4) is 5.75 Å². The molecule has 1 atom stereocenters. The highest BCUT2D eigenvalue weighted by atomic mass is 16.5. The van der Waals surface area contributed by atoms with Gasteiger partial charge >= 0.3 is 0 Å². The normalized spacial score (nSPS) is 20.4. The first-order valence-electron chi connectivity index (χ1n) is 11.3. The Morgan fingerprint density at radius 1 is 1.16 bits per heavy atom. The molecule has 2 amide bonds. The first-order chi connectivity index (χ1) is 15.3. The van der Waals surface area contributed by atoms with Gasteiger partial charge in [0.25, 0.3) is 11.8 Å². The van der Waals surface area contributed by atoms with Crippen LogP contribution in [0.15, 0.2) is 34.9 Å². The van der Waals surface area contributed by atoms with Crippen molar-refractivity contribution < 1.29 is 23.8 Å². The third-order valence-electron chi connectivity index (χ3n) is 7.09. The average molecular weight is 441 g/mol. The van der Waals surface area contributed by atoms with Gasteiger partial charge < -0.3 is 24.1 Å². The molecule has 0 aliphatic carbocycles. The number of ether oxygens (including phenoxy) is 1. The fourth-order valence-electron chi connectivity index (χ4n) is 4.99. The summed E-state index contributed by atoms with van der Waals surface area (Å²) in [6.45, 7) is 7.94. The summed E-state index contributed by atoms with van der Waals surface area (Å²) in [5.74, 6) is 1.20. The van der Waals surface area contributed by atoms with Crippen molar-refractivity contribution in [2.45, 2.75) is 46.1 Å². The first kappa shape index (κ1) is 22.4. The number of carbonyl (C=O) groups is 2. The molecule has 7 nitrogen and oxygen atoms in total. The maximum absolute atomic E-state index is 13.0. The molecule has 0 bridgehead atoms. The third-order valence-corrected chi connectivity index (χ3v) is 7.09. The summed E-state index contributed by atoms with van der Waals surface area (Å²) < 4.78 is 11.1. The highest BCUT2D eigenvalue weighted by molar-refractivity contribution is 5.95. The molecule has 2 aromatic rings. The number of rotatable bonds is 4. The van der Waals surface area contributed by atoms with E-state index < -0.39 is 6.10 Å². The fraction of sp³-hybridized carbons (Fsp3) is 0.520. The molecule has 0 radical (unpaired) electrons. The van der Waals surface area contributed by atoms with Crippen molar-refractivity contribution >= 4 is 11.8 Å². The summed E-state index contributed by atoms with van der Waals surface area (Å²) in [5.41, 5.74) is 2.56. The van der Waals surface area contributed by atoms with Crippen LogP contribution < -0.4 is 4.74 Å². The van der Waals surface area contributed by atoms with Crippen LogP contribution >= 0.6 is 0 Å². The SMILES string of the molecule is Cc1cccc(OCC(=O)N2CCC3(CC2)CC(O)CN(C(=O)c2ccoc2C)C3)c1C. The zero-order chi connectivity index (χ0) is 22.9. The number of hydrogen-bond acceptors (Lipinski definition) is 5. The number of likely N-dealkylation sites (tertiary alicyclic amines) is 2. The van der Waals surface area contributed by atoms with Gasteiger partial charge in [-0.1, -0.05) is 12.1 Å². The summed E-state index contributed by atoms with van der Waals surface area (Å²) in [6.07, 6.45) is 3.13. The van der Waals surface area contributed by atoms with Crippen molar-refractivity contribution in [1.29, 1.82) is 0 Å². The Hall–Kier alpha value is -2.80. The second-order valence-electron chi connectivity index (χ2n) is 9.30. The molecule has 7 heteroatoms. The van der Waals surface area contributed by atoms with Gasteiger partial charge in [-0.2, -0.15) is 0 Å². The number of aryl methyl sites for hydroxylation is 2. The third kappa shape index (κ3) is 4.53. The predicted octanol–water partition coefficient (Wildman–Crippen LogP) is 3.10. The fourth-order valence-corrected chi connectivity index (χ4v) is 4.99. The van der Waals surface area contributed by atoms with Crippen molar-refractivity contribution in [1.82, 2.24) is 9.80 Å². The molecule has 2 aliphatic heterocycles. The van der Waals surface area contributed by atoms with Crippen LogP contribution in [0, 0.1) is 26.2 Å². The number of aliphatic hydroxyl groups excluding tert-OH is 1. The van der Waals surface area contributed by atoms with Crippen LogP contribution in [-0.2, 0) is 4.79 Å². The predicted molar refractivity (Wildman–Crippen MR) is 120 cm³/mol. The number of amides is 2. The molecule has 2 saturated heterocycles. The lowest BCUT2D eigenvalue weighted by Gasteiger charge is -2.49. The van der Waals surface area contributed by atoms with Gasteiger partial charge in [0.2, 0.25) is 0 Å². The van der Waals surface area contributed by atoms with E-state index in [-0.39, 0.29) is 23.8 Å². The smallest absolute Gasteiger partial charge is 0.260 e. The van der Waals surface area contributed by atoms with Gasteiger partial charge in [0.1, 0.15) is 11.5 Å². The number of piperidine rings is 2. The standard InChI is InChI=1S/C25H32N2O5/c1-17-5-4-6-22(18(17)2)32-15-23(29)26-10-8-25(9-11-26)13-20(28)14-27(16-25)24(30)21-7-12-31-19(21)3/h4-7,12,20,28H,8-11,13-16H2,1-3H3. The maximum Gasteiger partial charge on any atom is 0.260 e. The molecule has 2 fully saturated rings. The van der Waals surface area contributed by atoms with Crippen LogP contribution in [0.5, 0.6) is 5.75 Å². The number of furan rings is 1. The topological polar surface area (TPSA) is 83.2 Å². The van der Waals surface area contributed by atoms with Crippen LogP contribution in [0.3, 0.4) is 0 Å². The molecule has 172 valence electrons. The highest BCUT2D eigenvalue weighted by Gasteiger charge is 2.43. The van der Waals surface area contributed by atoms with E-state index in [1.54, 1.807) is 17.9 Å². The number of carbonyl (C=O) groups excluding carboxylic acids is 2. The lowest BCUT2D eigenvalue weighted by Crippen LogP contribution is -2.56. The van der Waals surface area contributed by atoms with E-state index in [9.17, 15) is 14.7 Å². The molecule has 1 spiro atoms. The molecule has 4 rings (SSSR count). The molecule has 0 saturated carbocycles. The summed E-state index contributed by atoms with van der Waals surface area (Å²) in [7, 11) is 0. The lowest BCUT2D eigenvalue weighted by atomic mass is 9.71. The van der Waals surface area contributed by atoms with E-state index in [0.717, 1.165) is 29.7 Å². The minimum atomic E-state index is -0.560. The number of hydrogen-bond donors (Lipinski definition) is 1. The molecular weight excluding hydrogens is 408 g/mol. The minimum absolute atomic E-state index is 0.0182. The van der Waals surface area contributed by atoms with Gasteiger partial charge in [-0.3, -0.25) is 9.59 Å². The second kappa shape index (κ2) is 8.98. The number of benzene rings is 1. The number of nitrogens with zero attached hydrogens (tertiary/aromatic N) is 2. The van der Waals surface area contributed by atoms with Crippen LogP contribution in [0.2, 0.25) is 0 Å². The largest absolute Gasteiger partial charge is 0.483 e. The average Bonchev–Trinajstić information content (AvgIpc) is 3.20. The summed E-state index contributed by atoms with van der Waals surface area (Å²) in [5, 5.41) is 10.5. The van der Waals surface area contributed by atoms with E-state index in [0.29, 0.717) is 43.9 Å². The van der Waals surface area contributed by atoms with Gasteiger partial charge in [0.15, 0.2) is 6.61 Å². The summed E-state index contributed by atoms with van der Waals surface area (Å²) in [4.78, 5) is 29.3. The molecule has 1 unspecified atom stereocenters. The Balaban J connectivity index is 1.35. The molecule has 1 N–H and O–H groups in total.